The van der Waals surface area contributed by atoms with E-state index >= 15 is 0 Å². The number of aromatic nitrogens is 2. The maximum Gasteiger partial charge on any atom is 0.222 e. The zero-order chi connectivity index (χ0) is 19.5. The first-order chi connectivity index (χ1) is 13.1. The van der Waals surface area contributed by atoms with Crippen LogP contribution in [0.1, 0.15) is 31.7 Å². The monoisotopic (exact) mass is 369 g/mol. The number of ether oxygens (including phenoxy) is 1. The molecular weight excluding hydrogens is 342 g/mol. The van der Waals surface area contributed by atoms with E-state index in [1.165, 1.54) is 0 Å². The predicted molar refractivity (Wildman–Crippen MR) is 107 cm³/mol. The number of carbonyl (C=O) groups excluding carboxylic acids is 1. The van der Waals surface area contributed by atoms with Crippen molar-refractivity contribution in [2.24, 2.45) is 5.73 Å². The van der Waals surface area contributed by atoms with E-state index in [-0.39, 0.29) is 18.0 Å². The first-order valence-corrected chi connectivity index (χ1v) is 9.16. The molecule has 0 fully saturated rings. The summed E-state index contributed by atoms with van der Waals surface area (Å²) in [5.74, 6) is 0.468. The molecule has 0 aliphatic heterocycles. The summed E-state index contributed by atoms with van der Waals surface area (Å²) in [6.45, 7) is 4.14. The fourth-order valence-electron chi connectivity index (χ4n) is 2.54. The zero-order valence-electron chi connectivity index (χ0n) is 15.7. The van der Waals surface area contributed by atoms with Crippen LogP contribution in [0.25, 0.3) is 11.1 Å². The lowest BCUT2D eigenvalue weighted by molar-refractivity contribution is -0.117. The Balaban J connectivity index is 1.90. The molecule has 27 heavy (non-hydrogen) atoms. The number of nitrogens with one attached hydrogen (secondary N) is 2. The van der Waals surface area contributed by atoms with Gasteiger partial charge < -0.3 is 15.8 Å². The summed E-state index contributed by atoms with van der Waals surface area (Å²) in [5.41, 5.74) is 8.24. The molecule has 1 aromatic carbocycles. The number of anilines is 1. The predicted octanol–water partition coefficient (Wildman–Crippen LogP) is 2.81. The lowest BCUT2D eigenvalue weighted by Crippen LogP contribution is -2.15. The number of nitrogens with zero attached hydrogens (tertiary/aromatic N) is 2. The number of carbonyl (C=O) groups is 1. The highest BCUT2D eigenvalue weighted by Crippen LogP contribution is 2.20. The molecule has 0 aliphatic carbocycles. The van der Waals surface area contributed by atoms with Crippen molar-refractivity contribution in [3.8, 4) is 11.1 Å². The normalized spacial score (nSPS) is 10.6. The van der Waals surface area contributed by atoms with E-state index in [0.717, 1.165) is 29.7 Å². The average Bonchev–Trinajstić information content (AvgIpc) is 2.66. The van der Waals surface area contributed by atoms with Crippen LogP contribution >= 0.6 is 0 Å². The Morgan fingerprint density at radius 2 is 2.00 bits per heavy atom. The van der Waals surface area contributed by atoms with E-state index in [2.05, 4.69) is 22.2 Å². The molecule has 0 aliphatic rings. The van der Waals surface area contributed by atoms with Crippen LogP contribution in [-0.2, 0) is 16.0 Å². The van der Waals surface area contributed by atoms with Crippen molar-refractivity contribution in [1.82, 2.24) is 9.97 Å². The Kier molecular flexibility index (Phi) is 8.38. The second-order valence-electron chi connectivity index (χ2n) is 6.28. The Labute approximate surface area is 159 Å². The van der Waals surface area contributed by atoms with Gasteiger partial charge in [-0.2, -0.15) is 0 Å². The molecule has 0 bridgehead atoms. The topological polar surface area (TPSA) is 114 Å². The van der Waals surface area contributed by atoms with E-state index in [4.69, 9.17) is 15.9 Å². The van der Waals surface area contributed by atoms with Crippen molar-refractivity contribution in [3.63, 3.8) is 0 Å². The summed E-state index contributed by atoms with van der Waals surface area (Å²) >= 11 is 0. The van der Waals surface area contributed by atoms with Gasteiger partial charge in [0.1, 0.15) is 5.78 Å². The Bertz CT molecular complexity index is 746. The summed E-state index contributed by atoms with van der Waals surface area (Å²) in [6, 6.07) is 7.96. The van der Waals surface area contributed by atoms with E-state index in [1.807, 2.05) is 24.3 Å². The van der Waals surface area contributed by atoms with Crippen LogP contribution in [0.3, 0.4) is 0 Å². The fourth-order valence-corrected chi connectivity index (χ4v) is 2.54. The van der Waals surface area contributed by atoms with Crippen LogP contribution in [0.5, 0.6) is 0 Å². The summed E-state index contributed by atoms with van der Waals surface area (Å²) in [6.07, 6.45) is 5.59. The van der Waals surface area contributed by atoms with Gasteiger partial charge in [-0.05, 0) is 24.0 Å². The lowest BCUT2D eigenvalue weighted by atomic mass is 10.0. The van der Waals surface area contributed by atoms with Gasteiger partial charge in [0.05, 0.1) is 18.9 Å². The average molecular weight is 369 g/mol. The third-order valence-corrected chi connectivity index (χ3v) is 3.87. The third-order valence-electron chi connectivity index (χ3n) is 3.87. The maximum atomic E-state index is 11.7. The third kappa shape index (κ3) is 7.53. The van der Waals surface area contributed by atoms with Gasteiger partial charge in [0.15, 0.2) is 0 Å². The molecule has 0 spiro atoms. The number of ketones is 1. The standard InChI is InChI=1S/C20H27N5O2/c1-2-9-27-10-8-23-20-24-13-17(14-25-20)16-5-3-4-15(11-16)6-7-18(26)12-19(21)22/h3-5,11,13-14H,2,6-10,12H2,1H3,(H3,21,22)(H,23,24,25). The molecule has 0 saturated carbocycles. The smallest absolute Gasteiger partial charge is 0.222 e. The number of hydrogen-bond donors (Lipinski definition) is 3. The summed E-state index contributed by atoms with van der Waals surface area (Å²) in [7, 11) is 0. The molecule has 2 rings (SSSR count). The van der Waals surface area contributed by atoms with Crippen LogP contribution in [0.4, 0.5) is 5.95 Å². The molecule has 1 heterocycles. The highest BCUT2D eigenvalue weighted by molar-refractivity contribution is 5.98. The lowest BCUT2D eigenvalue weighted by Gasteiger charge is -2.07. The van der Waals surface area contributed by atoms with Gasteiger partial charge in [0.2, 0.25) is 5.95 Å². The minimum Gasteiger partial charge on any atom is -0.387 e. The maximum absolute atomic E-state index is 11.7. The molecule has 0 radical (unpaired) electrons. The van der Waals surface area contributed by atoms with Crippen LogP contribution in [0.2, 0.25) is 0 Å². The number of amidine groups is 1. The van der Waals surface area contributed by atoms with Crippen molar-refractivity contribution in [2.45, 2.75) is 32.6 Å². The van der Waals surface area contributed by atoms with Crippen molar-refractivity contribution in [1.29, 1.82) is 5.41 Å². The molecule has 0 amide bonds. The van der Waals surface area contributed by atoms with Gasteiger partial charge in [0, 0.05) is 37.5 Å². The number of hydrogen-bond acceptors (Lipinski definition) is 6. The minimum absolute atomic E-state index is 0.0189. The minimum atomic E-state index is -0.0866. The first kappa shape index (κ1) is 20.5. The van der Waals surface area contributed by atoms with Gasteiger partial charge in [-0.3, -0.25) is 10.2 Å². The van der Waals surface area contributed by atoms with E-state index in [9.17, 15) is 4.79 Å². The second kappa shape index (κ2) is 11.0. The zero-order valence-corrected chi connectivity index (χ0v) is 15.7. The Morgan fingerprint density at radius 1 is 1.22 bits per heavy atom. The molecule has 7 heteroatoms. The molecule has 0 atom stereocenters. The van der Waals surface area contributed by atoms with Crippen molar-refractivity contribution >= 4 is 17.6 Å². The van der Waals surface area contributed by atoms with Crippen molar-refractivity contribution in [2.75, 3.05) is 25.1 Å². The van der Waals surface area contributed by atoms with E-state index < -0.39 is 0 Å². The Hall–Kier alpha value is -2.80. The van der Waals surface area contributed by atoms with Crippen LogP contribution < -0.4 is 11.1 Å². The van der Waals surface area contributed by atoms with Crippen molar-refractivity contribution < 1.29 is 9.53 Å². The summed E-state index contributed by atoms with van der Waals surface area (Å²) in [4.78, 5) is 20.4. The SMILES string of the molecule is CCCOCCNc1ncc(-c2cccc(CCC(=O)CC(=N)N)c2)cn1. The second-order valence-corrected chi connectivity index (χ2v) is 6.28. The molecule has 7 nitrogen and oxygen atoms in total. The Morgan fingerprint density at radius 3 is 2.70 bits per heavy atom. The van der Waals surface area contributed by atoms with Gasteiger partial charge in [0.25, 0.3) is 0 Å². The molecule has 0 saturated heterocycles. The van der Waals surface area contributed by atoms with Gasteiger partial charge >= 0.3 is 0 Å². The van der Waals surface area contributed by atoms with Crippen LogP contribution in [0.15, 0.2) is 36.7 Å². The number of Topliss-reactive ketones (excluding diaryl/α,β-unsaturated/α-hetero) is 1. The quantitative estimate of drug-likeness (QED) is 0.301. The molecule has 2 aromatic rings. The molecule has 0 unspecified atom stereocenters. The number of nitrogens with two attached hydrogens (primary N) is 1. The molecule has 144 valence electrons. The first-order valence-electron chi connectivity index (χ1n) is 9.16. The number of benzene rings is 1. The van der Waals surface area contributed by atoms with Gasteiger partial charge in [-0.1, -0.05) is 31.2 Å². The van der Waals surface area contributed by atoms with Crippen LogP contribution in [0, 0.1) is 5.41 Å². The highest BCUT2D eigenvalue weighted by atomic mass is 16.5. The summed E-state index contributed by atoms with van der Waals surface area (Å²) in [5, 5.41) is 10.3. The number of aryl methyl sites for hydroxylation is 1. The molecule has 4 N–H and O–H groups in total. The summed E-state index contributed by atoms with van der Waals surface area (Å²) < 4.78 is 5.41. The molecular formula is C20H27N5O2. The molecule has 1 aromatic heterocycles. The fraction of sp³-hybridized carbons (Fsp3) is 0.400. The highest BCUT2D eigenvalue weighted by Gasteiger charge is 2.06. The van der Waals surface area contributed by atoms with Crippen LogP contribution in [-0.4, -0.2) is 41.3 Å². The number of rotatable bonds is 12. The van der Waals surface area contributed by atoms with Crippen molar-refractivity contribution in [3.05, 3.63) is 42.2 Å². The van der Waals surface area contributed by atoms with Gasteiger partial charge in [-0.15, -0.1) is 0 Å². The van der Waals surface area contributed by atoms with Gasteiger partial charge in [-0.25, -0.2) is 9.97 Å². The largest absolute Gasteiger partial charge is 0.387 e. The van der Waals surface area contributed by atoms with E-state index in [1.54, 1.807) is 12.4 Å². The van der Waals surface area contributed by atoms with E-state index in [0.29, 0.717) is 31.9 Å².